The first-order valence-corrected chi connectivity index (χ1v) is 11.1. The molecule has 31 heavy (non-hydrogen) atoms. The maximum absolute atomic E-state index is 12.9. The summed E-state index contributed by atoms with van der Waals surface area (Å²) in [5.41, 5.74) is 3.34. The van der Waals surface area contributed by atoms with Gasteiger partial charge in [-0.1, -0.05) is 12.1 Å². The molecule has 2 aromatic carbocycles. The van der Waals surface area contributed by atoms with Crippen LogP contribution in [0.25, 0.3) is 5.69 Å². The zero-order valence-electron chi connectivity index (χ0n) is 17.2. The third kappa shape index (κ3) is 4.78. The zero-order chi connectivity index (χ0) is 21.8. The Bertz CT molecular complexity index is 1090. The Hall–Kier alpha value is -3.17. The second kappa shape index (κ2) is 9.32. The van der Waals surface area contributed by atoms with Gasteiger partial charge in [0, 0.05) is 60.9 Å². The molecule has 0 bridgehead atoms. The fraction of sp³-hybridized carbons (Fsp3) is 0.273. The second-order valence-electron chi connectivity index (χ2n) is 7.36. The monoisotopic (exact) mass is 437 g/mol. The maximum atomic E-state index is 12.9. The molecule has 1 aliphatic rings. The van der Waals surface area contributed by atoms with Crippen LogP contribution in [0.3, 0.4) is 0 Å². The van der Waals surface area contributed by atoms with Crippen molar-refractivity contribution in [3.05, 3.63) is 81.9 Å². The van der Waals surface area contributed by atoms with Crippen molar-refractivity contribution in [2.75, 3.05) is 29.9 Å². The van der Waals surface area contributed by atoms with Gasteiger partial charge in [0.25, 0.3) is 11.6 Å². The summed E-state index contributed by atoms with van der Waals surface area (Å²) in [6, 6.07) is 10.3. The van der Waals surface area contributed by atoms with Crippen molar-refractivity contribution in [1.82, 2.24) is 14.5 Å². The molecule has 1 saturated heterocycles. The average molecular weight is 438 g/mol. The molecular formula is C22H23N5O3S. The van der Waals surface area contributed by atoms with E-state index in [9.17, 15) is 14.9 Å². The standard InChI is InChI=1S/C22H23N5O3S/c1-16-18(14-25-9-11-31-12-10-25)3-2-4-19(16)24-22(28)17-5-6-20(21(13-17)27(29)30)26-8-7-23-15-26/h2-8,13,15H,9-12,14H2,1H3,(H,24,28). The van der Waals surface area contributed by atoms with Gasteiger partial charge in [0.1, 0.15) is 5.69 Å². The van der Waals surface area contributed by atoms with E-state index >= 15 is 0 Å². The lowest BCUT2D eigenvalue weighted by Crippen LogP contribution is -2.32. The molecule has 0 radical (unpaired) electrons. The molecule has 0 aliphatic carbocycles. The van der Waals surface area contributed by atoms with Gasteiger partial charge in [-0.15, -0.1) is 0 Å². The fourth-order valence-corrected chi connectivity index (χ4v) is 4.59. The molecule has 9 heteroatoms. The highest BCUT2D eigenvalue weighted by molar-refractivity contribution is 7.99. The summed E-state index contributed by atoms with van der Waals surface area (Å²) in [5.74, 6) is 1.90. The number of imidazole rings is 1. The molecule has 8 nitrogen and oxygen atoms in total. The number of rotatable bonds is 6. The minimum absolute atomic E-state index is 0.154. The van der Waals surface area contributed by atoms with Crippen LogP contribution in [0.1, 0.15) is 21.5 Å². The summed E-state index contributed by atoms with van der Waals surface area (Å²) in [6.45, 7) is 4.97. The average Bonchev–Trinajstić information content (AvgIpc) is 3.31. The number of nitro groups is 1. The van der Waals surface area contributed by atoms with Crippen LogP contribution in [-0.4, -0.2) is 49.9 Å². The van der Waals surface area contributed by atoms with E-state index in [1.807, 2.05) is 30.8 Å². The van der Waals surface area contributed by atoms with E-state index in [0.29, 0.717) is 5.69 Å². The smallest absolute Gasteiger partial charge is 0.294 e. The summed E-state index contributed by atoms with van der Waals surface area (Å²) in [5, 5.41) is 14.5. The van der Waals surface area contributed by atoms with Crippen molar-refractivity contribution in [3.63, 3.8) is 0 Å². The first-order chi connectivity index (χ1) is 15.0. The van der Waals surface area contributed by atoms with E-state index in [1.165, 1.54) is 18.0 Å². The zero-order valence-corrected chi connectivity index (χ0v) is 18.0. The summed E-state index contributed by atoms with van der Waals surface area (Å²) in [4.78, 5) is 30.3. The van der Waals surface area contributed by atoms with Crippen LogP contribution in [0.4, 0.5) is 11.4 Å². The Morgan fingerprint density at radius 2 is 2.06 bits per heavy atom. The largest absolute Gasteiger partial charge is 0.322 e. The number of aromatic nitrogens is 2. The topological polar surface area (TPSA) is 93.3 Å². The summed E-state index contributed by atoms with van der Waals surface area (Å²) in [7, 11) is 0. The first-order valence-electron chi connectivity index (χ1n) is 9.99. The van der Waals surface area contributed by atoms with Gasteiger partial charge in [0.15, 0.2) is 0 Å². The molecule has 1 amide bonds. The van der Waals surface area contributed by atoms with Crippen LogP contribution >= 0.6 is 11.8 Å². The van der Waals surface area contributed by atoms with Crippen molar-refractivity contribution < 1.29 is 9.72 Å². The van der Waals surface area contributed by atoms with E-state index in [2.05, 4.69) is 21.3 Å². The normalized spacial score (nSPS) is 14.4. The molecule has 1 aliphatic heterocycles. The number of carbonyl (C=O) groups is 1. The lowest BCUT2D eigenvalue weighted by Gasteiger charge is -2.27. The Kier molecular flexibility index (Phi) is 6.34. The molecule has 160 valence electrons. The van der Waals surface area contributed by atoms with Crippen LogP contribution in [-0.2, 0) is 6.54 Å². The molecule has 1 N–H and O–H groups in total. The molecule has 4 rings (SSSR count). The number of hydrogen-bond donors (Lipinski definition) is 1. The third-order valence-electron chi connectivity index (χ3n) is 5.41. The van der Waals surface area contributed by atoms with Gasteiger partial charge in [-0.2, -0.15) is 11.8 Å². The van der Waals surface area contributed by atoms with Gasteiger partial charge in [-0.25, -0.2) is 4.98 Å². The summed E-state index contributed by atoms with van der Waals surface area (Å²) >= 11 is 1.97. The minimum Gasteiger partial charge on any atom is -0.322 e. The summed E-state index contributed by atoms with van der Waals surface area (Å²) < 4.78 is 1.55. The highest BCUT2D eigenvalue weighted by Crippen LogP contribution is 2.26. The Balaban J connectivity index is 1.55. The first kappa shape index (κ1) is 21.1. The van der Waals surface area contributed by atoms with Crippen molar-refractivity contribution in [3.8, 4) is 5.69 Å². The van der Waals surface area contributed by atoms with E-state index in [0.717, 1.165) is 42.4 Å². The molecule has 0 saturated carbocycles. The van der Waals surface area contributed by atoms with Crippen molar-refractivity contribution >= 4 is 29.0 Å². The van der Waals surface area contributed by atoms with Gasteiger partial charge >= 0.3 is 0 Å². The van der Waals surface area contributed by atoms with E-state index < -0.39 is 4.92 Å². The van der Waals surface area contributed by atoms with Crippen LogP contribution in [0, 0.1) is 17.0 Å². The summed E-state index contributed by atoms with van der Waals surface area (Å²) in [6.07, 6.45) is 4.65. The highest BCUT2D eigenvalue weighted by atomic mass is 32.2. The molecule has 0 atom stereocenters. The molecule has 2 heterocycles. The van der Waals surface area contributed by atoms with Crippen LogP contribution < -0.4 is 5.32 Å². The second-order valence-corrected chi connectivity index (χ2v) is 8.59. The van der Waals surface area contributed by atoms with Crippen LogP contribution in [0.2, 0.25) is 0 Å². The molecule has 3 aromatic rings. The molecule has 1 fully saturated rings. The van der Waals surface area contributed by atoms with Gasteiger partial charge in [0.05, 0.1) is 11.3 Å². The Labute approximate surface area is 184 Å². The molecule has 0 spiro atoms. The lowest BCUT2D eigenvalue weighted by molar-refractivity contribution is -0.384. The molecular weight excluding hydrogens is 414 g/mol. The predicted molar refractivity (Wildman–Crippen MR) is 122 cm³/mol. The number of nitro benzene ring substituents is 1. The number of carbonyl (C=O) groups excluding carboxylic acids is 1. The van der Waals surface area contributed by atoms with E-state index in [1.54, 1.807) is 29.1 Å². The van der Waals surface area contributed by atoms with Crippen molar-refractivity contribution in [2.24, 2.45) is 0 Å². The number of hydrogen-bond acceptors (Lipinski definition) is 6. The van der Waals surface area contributed by atoms with Crippen LogP contribution in [0.15, 0.2) is 55.1 Å². The molecule has 0 unspecified atom stereocenters. The SMILES string of the molecule is Cc1c(CN2CCSCC2)cccc1NC(=O)c1ccc(-n2ccnc2)c([N+](=O)[O-])c1. The number of nitrogens with one attached hydrogen (secondary N) is 1. The van der Waals surface area contributed by atoms with Gasteiger partial charge in [-0.05, 0) is 36.2 Å². The fourth-order valence-electron chi connectivity index (χ4n) is 3.62. The molecule has 1 aromatic heterocycles. The van der Waals surface area contributed by atoms with E-state index in [4.69, 9.17) is 0 Å². The van der Waals surface area contributed by atoms with Gasteiger partial charge in [-0.3, -0.25) is 19.8 Å². The van der Waals surface area contributed by atoms with Crippen LogP contribution in [0.5, 0.6) is 0 Å². The number of nitrogens with zero attached hydrogens (tertiary/aromatic N) is 4. The maximum Gasteiger partial charge on any atom is 0.294 e. The van der Waals surface area contributed by atoms with Gasteiger partial charge in [0.2, 0.25) is 0 Å². The number of thioether (sulfide) groups is 1. The third-order valence-corrected chi connectivity index (χ3v) is 6.35. The Morgan fingerprint density at radius 1 is 1.26 bits per heavy atom. The predicted octanol–water partition coefficient (Wildman–Crippen LogP) is 3.89. The van der Waals surface area contributed by atoms with Crippen molar-refractivity contribution in [2.45, 2.75) is 13.5 Å². The lowest BCUT2D eigenvalue weighted by atomic mass is 10.1. The quantitative estimate of drug-likeness (QED) is 0.465. The van der Waals surface area contributed by atoms with Gasteiger partial charge < -0.3 is 9.88 Å². The Morgan fingerprint density at radius 3 is 2.77 bits per heavy atom. The van der Waals surface area contributed by atoms with Crippen molar-refractivity contribution in [1.29, 1.82) is 0 Å². The highest BCUT2D eigenvalue weighted by Gasteiger charge is 2.20. The number of amides is 1. The minimum atomic E-state index is -0.491. The number of anilines is 1. The van der Waals surface area contributed by atoms with E-state index in [-0.39, 0.29) is 17.2 Å². The number of benzene rings is 2.